The molecule has 0 aromatic carbocycles. The van der Waals surface area contributed by atoms with Gasteiger partial charge in [-0.25, -0.2) is 0 Å². The topological polar surface area (TPSA) is 52.3 Å². The van der Waals surface area contributed by atoms with Gasteiger partial charge in [0.1, 0.15) is 0 Å². The van der Waals surface area contributed by atoms with Crippen LogP contribution in [0.2, 0.25) is 0 Å². The predicted molar refractivity (Wildman–Crippen MR) is 69.6 cm³/mol. The van der Waals surface area contributed by atoms with E-state index < -0.39 is 0 Å². The first kappa shape index (κ1) is 14.5. The zero-order valence-electron chi connectivity index (χ0n) is 11.3. The van der Waals surface area contributed by atoms with Crippen LogP contribution in [-0.4, -0.2) is 18.6 Å². The first-order chi connectivity index (χ1) is 8.15. The second-order valence-electron chi connectivity index (χ2n) is 5.43. The molecule has 0 heterocycles. The fraction of sp³-hybridized carbons (Fsp3) is 0.929. The van der Waals surface area contributed by atoms with E-state index in [2.05, 4.69) is 13.8 Å². The van der Waals surface area contributed by atoms with Gasteiger partial charge in [-0.3, -0.25) is 4.79 Å². The van der Waals surface area contributed by atoms with Crippen molar-refractivity contribution < 1.29 is 9.53 Å². The summed E-state index contributed by atoms with van der Waals surface area (Å²) < 4.78 is 5.40. The maximum atomic E-state index is 12.0. The molecule has 1 rings (SSSR count). The molecule has 0 aromatic rings. The van der Waals surface area contributed by atoms with Gasteiger partial charge in [0.2, 0.25) is 0 Å². The number of carbonyl (C=O) groups is 1. The lowest BCUT2D eigenvalue weighted by molar-refractivity contribution is -0.150. The van der Waals surface area contributed by atoms with Crippen molar-refractivity contribution in [2.45, 2.75) is 64.8 Å². The van der Waals surface area contributed by atoms with Gasteiger partial charge in [-0.05, 0) is 25.2 Å². The van der Waals surface area contributed by atoms with E-state index in [1.807, 2.05) is 0 Å². The fourth-order valence-electron chi connectivity index (χ4n) is 2.54. The van der Waals surface area contributed by atoms with Gasteiger partial charge >= 0.3 is 5.97 Å². The summed E-state index contributed by atoms with van der Waals surface area (Å²) in [6.07, 6.45) is 7.58. The van der Waals surface area contributed by atoms with Crippen molar-refractivity contribution in [2.24, 2.45) is 17.6 Å². The van der Waals surface area contributed by atoms with Crippen molar-refractivity contribution in [3.63, 3.8) is 0 Å². The summed E-state index contributed by atoms with van der Waals surface area (Å²) in [5.41, 5.74) is 6.04. The van der Waals surface area contributed by atoms with Gasteiger partial charge in [0.25, 0.3) is 0 Å². The second-order valence-corrected chi connectivity index (χ2v) is 5.43. The molecule has 3 unspecified atom stereocenters. The van der Waals surface area contributed by atoms with E-state index in [1.165, 1.54) is 6.42 Å². The number of carbonyl (C=O) groups excluding carboxylic acids is 1. The molecule has 3 nitrogen and oxygen atoms in total. The molecule has 1 aliphatic rings. The number of rotatable bonds is 5. The van der Waals surface area contributed by atoms with Crippen LogP contribution in [0.15, 0.2) is 0 Å². The molecule has 0 bridgehead atoms. The molecule has 0 saturated heterocycles. The number of esters is 1. The number of hydrogen-bond donors (Lipinski definition) is 1. The highest BCUT2D eigenvalue weighted by atomic mass is 16.5. The van der Waals surface area contributed by atoms with Crippen LogP contribution in [-0.2, 0) is 9.53 Å². The minimum absolute atomic E-state index is 0.00600. The summed E-state index contributed by atoms with van der Waals surface area (Å²) in [6, 6.07) is 0.00600. The van der Waals surface area contributed by atoms with Gasteiger partial charge in [0, 0.05) is 6.04 Å². The highest BCUT2D eigenvalue weighted by Gasteiger charge is 2.28. The zero-order valence-corrected chi connectivity index (χ0v) is 11.3. The molecule has 1 aliphatic carbocycles. The van der Waals surface area contributed by atoms with E-state index in [1.54, 1.807) is 0 Å². The molecule has 3 atom stereocenters. The van der Waals surface area contributed by atoms with E-state index in [0.717, 1.165) is 38.5 Å². The molecule has 1 saturated carbocycles. The van der Waals surface area contributed by atoms with E-state index in [0.29, 0.717) is 12.5 Å². The van der Waals surface area contributed by atoms with Gasteiger partial charge in [0.05, 0.1) is 12.5 Å². The summed E-state index contributed by atoms with van der Waals surface area (Å²) >= 11 is 0. The summed E-state index contributed by atoms with van der Waals surface area (Å²) in [7, 11) is 0. The van der Waals surface area contributed by atoms with Gasteiger partial charge in [-0.2, -0.15) is 0 Å². The van der Waals surface area contributed by atoms with E-state index in [4.69, 9.17) is 10.5 Å². The lowest BCUT2D eigenvalue weighted by Gasteiger charge is -2.20. The SMILES string of the molecule is CCCC(C)COC(=O)C1CCCCCC1N. The van der Waals surface area contributed by atoms with Gasteiger partial charge in [0.15, 0.2) is 0 Å². The maximum Gasteiger partial charge on any atom is 0.310 e. The Morgan fingerprint density at radius 2 is 2.06 bits per heavy atom. The molecule has 0 aliphatic heterocycles. The standard InChI is InChI=1S/C14H27NO2/c1-3-7-11(2)10-17-14(16)12-8-5-4-6-9-13(12)15/h11-13H,3-10,15H2,1-2H3. The third-order valence-electron chi connectivity index (χ3n) is 3.66. The van der Waals surface area contributed by atoms with Crippen molar-refractivity contribution in [3.8, 4) is 0 Å². The summed E-state index contributed by atoms with van der Waals surface area (Å²) in [5, 5.41) is 0. The summed E-state index contributed by atoms with van der Waals surface area (Å²) in [6.45, 7) is 4.83. The fourth-order valence-corrected chi connectivity index (χ4v) is 2.54. The molecule has 0 amide bonds. The van der Waals surface area contributed by atoms with Crippen LogP contribution in [0.25, 0.3) is 0 Å². The maximum absolute atomic E-state index is 12.0. The Balaban J connectivity index is 2.34. The zero-order chi connectivity index (χ0) is 12.7. The summed E-state index contributed by atoms with van der Waals surface area (Å²) in [4.78, 5) is 12.0. The van der Waals surface area contributed by atoms with Crippen molar-refractivity contribution in [1.29, 1.82) is 0 Å². The number of ether oxygens (including phenoxy) is 1. The Labute approximate surface area is 105 Å². The third-order valence-corrected chi connectivity index (χ3v) is 3.66. The molecule has 2 N–H and O–H groups in total. The molecule has 17 heavy (non-hydrogen) atoms. The Hall–Kier alpha value is -0.570. The van der Waals surface area contributed by atoms with E-state index in [-0.39, 0.29) is 17.9 Å². The second kappa shape index (κ2) is 7.70. The molecule has 100 valence electrons. The van der Waals surface area contributed by atoms with Crippen LogP contribution in [0.3, 0.4) is 0 Å². The van der Waals surface area contributed by atoms with Gasteiger partial charge < -0.3 is 10.5 Å². The van der Waals surface area contributed by atoms with Crippen LogP contribution >= 0.6 is 0 Å². The molecular weight excluding hydrogens is 214 g/mol. The Morgan fingerprint density at radius 3 is 2.76 bits per heavy atom. The molecule has 1 fully saturated rings. The van der Waals surface area contributed by atoms with Gasteiger partial charge in [-0.15, -0.1) is 0 Å². The lowest BCUT2D eigenvalue weighted by atomic mass is 9.96. The van der Waals surface area contributed by atoms with Gasteiger partial charge in [-0.1, -0.05) is 39.5 Å². The first-order valence-electron chi connectivity index (χ1n) is 7.07. The van der Waals surface area contributed by atoms with Crippen molar-refractivity contribution >= 4 is 5.97 Å². The van der Waals surface area contributed by atoms with Crippen molar-refractivity contribution in [1.82, 2.24) is 0 Å². The van der Waals surface area contributed by atoms with Crippen LogP contribution < -0.4 is 5.73 Å². The Kier molecular flexibility index (Phi) is 6.56. The first-order valence-corrected chi connectivity index (χ1v) is 7.07. The van der Waals surface area contributed by atoms with Crippen molar-refractivity contribution in [2.75, 3.05) is 6.61 Å². The average molecular weight is 241 g/mol. The van der Waals surface area contributed by atoms with Crippen LogP contribution in [0.1, 0.15) is 58.8 Å². The van der Waals surface area contributed by atoms with E-state index in [9.17, 15) is 4.79 Å². The monoisotopic (exact) mass is 241 g/mol. The smallest absolute Gasteiger partial charge is 0.310 e. The Bertz CT molecular complexity index is 230. The summed E-state index contributed by atoms with van der Waals surface area (Å²) in [5.74, 6) is 0.333. The lowest BCUT2D eigenvalue weighted by Crippen LogP contribution is -2.36. The minimum atomic E-state index is -0.0673. The highest BCUT2D eigenvalue weighted by Crippen LogP contribution is 2.23. The molecule has 0 radical (unpaired) electrons. The largest absolute Gasteiger partial charge is 0.465 e. The Morgan fingerprint density at radius 1 is 1.35 bits per heavy atom. The molecule has 0 spiro atoms. The number of nitrogens with two attached hydrogens (primary N) is 1. The van der Waals surface area contributed by atoms with Crippen LogP contribution in [0.4, 0.5) is 0 Å². The number of hydrogen-bond acceptors (Lipinski definition) is 3. The van der Waals surface area contributed by atoms with Crippen LogP contribution in [0.5, 0.6) is 0 Å². The predicted octanol–water partition coefficient (Wildman–Crippen LogP) is 2.87. The molecule has 0 aromatic heterocycles. The third kappa shape index (κ3) is 5.07. The highest BCUT2D eigenvalue weighted by molar-refractivity contribution is 5.73. The van der Waals surface area contributed by atoms with E-state index >= 15 is 0 Å². The molecule has 3 heteroatoms. The molecular formula is C14H27NO2. The van der Waals surface area contributed by atoms with Crippen molar-refractivity contribution in [3.05, 3.63) is 0 Å². The quantitative estimate of drug-likeness (QED) is 0.595. The normalized spacial score (nSPS) is 27.2. The minimum Gasteiger partial charge on any atom is -0.465 e. The average Bonchev–Trinajstić information content (AvgIpc) is 2.51. The van der Waals surface area contributed by atoms with Crippen LogP contribution in [0, 0.1) is 11.8 Å².